The average molecular weight is 335 g/mol. The van der Waals surface area contributed by atoms with Crippen LogP contribution in [-0.2, 0) is 28.1 Å². The molecule has 2 aromatic rings. The van der Waals surface area contributed by atoms with Gasteiger partial charge in [0.25, 0.3) is 0 Å². The number of aromatic nitrogens is 2. The molecular weight excluding hydrogens is 314 g/mol. The number of benzene rings is 1. The fourth-order valence-corrected chi connectivity index (χ4v) is 4.14. The van der Waals surface area contributed by atoms with Gasteiger partial charge in [-0.25, -0.2) is 13.4 Å². The minimum absolute atomic E-state index is 0.0404. The van der Waals surface area contributed by atoms with E-state index in [1.165, 1.54) is 0 Å². The molecule has 1 aliphatic heterocycles. The Morgan fingerprint density at radius 1 is 1.22 bits per heavy atom. The number of aryl methyl sites for hydroxylation is 2. The maximum absolute atomic E-state index is 12.2. The van der Waals surface area contributed by atoms with Gasteiger partial charge in [-0.1, -0.05) is 12.1 Å². The van der Waals surface area contributed by atoms with Crippen molar-refractivity contribution in [2.45, 2.75) is 19.3 Å². The van der Waals surface area contributed by atoms with E-state index in [2.05, 4.69) is 9.55 Å². The molecule has 2 heterocycles. The maximum atomic E-state index is 12.2. The number of para-hydroxylation sites is 2. The van der Waals surface area contributed by atoms with Crippen molar-refractivity contribution in [2.24, 2.45) is 7.05 Å². The second kappa shape index (κ2) is 6.31. The van der Waals surface area contributed by atoms with Crippen molar-refractivity contribution in [1.82, 2.24) is 14.5 Å². The molecule has 0 bridgehead atoms. The van der Waals surface area contributed by atoms with Crippen LogP contribution < -0.4 is 0 Å². The van der Waals surface area contributed by atoms with Crippen LogP contribution in [-0.4, -0.2) is 53.4 Å². The van der Waals surface area contributed by atoms with Crippen LogP contribution >= 0.6 is 0 Å². The van der Waals surface area contributed by atoms with Crippen molar-refractivity contribution in [2.75, 3.05) is 24.6 Å². The van der Waals surface area contributed by atoms with Gasteiger partial charge in [-0.15, -0.1) is 0 Å². The van der Waals surface area contributed by atoms with Gasteiger partial charge in [0.1, 0.15) is 5.82 Å². The van der Waals surface area contributed by atoms with Crippen LogP contribution in [0.25, 0.3) is 11.0 Å². The van der Waals surface area contributed by atoms with Crippen LogP contribution in [0, 0.1) is 0 Å². The van der Waals surface area contributed by atoms with E-state index in [0.29, 0.717) is 19.5 Å². The lowest BCUT2D eigenvalue weighted by molar-refractivity contribution is -0.130. The van der Waals surface area contributed by atoms with Gasteiger partial charge >= 0.3 is 0 Å². The summed E-state index contributed by atoms with van der Waals surface area (Å²) in [6, 6.07) is 7.97. The zero-order valence-electron chi connectivity index (χ0n) is 13.2. The predicted molar refractivity (Wildman–Crippen MR) is 88.9 cm³/mol. The Kier molecular flexibility index (Phi) is 4.39. The summed E-state index contributed by atoms with van der Waals surface area (Å²) in [5.74, 6) is 1.19. The largest absolute Gasteiger partial charge is 0.341 e. The van der Waals surface area contributed by atoms with Gasteiger partial charge in [0.15, 0.2) is 9.84 Å². The number of hydrogen-bond acceptors (Lipinski definition) is 4. The van der Waals surface area contributed by atoms with Gasteiger partial charge < -0.3 is 9.47 Å². The first kappa shape index (κ1) is 16.0. The van der Waals surface area contributed by atoms with Gasteiger partial charge in [-0.05, 0) is 18.6 Å². The fourth-order valence-electron chi connectivity index (χ4n) is 2.94. The molecule has 1 aromatic carbocycles. The molecule has 0 unspecified atom stereocenters. The summed E-state index contributed by atoms with van der Waals surface area (Å²) >= 11 is 0. The Balaban J connectivity index is 1.54. The Bertz CT molecular complexity index is 812. The number of fused-ring (bicyclic) bond motifs is 1. The lowest BCUT2D eigenvalue weighted by Gasteiger charge is -2.26. The van der Waals surface area contributed by atoms with E-state index in [9.17, 15) is 13.2 Å². The minimum Gasteiger partial charge on any atom is -0.341 e. The molecule has 0 atom stereocenters. The van der Waals surface area contributed by atoms with Crippen molar-refractivity contribution < 1.29 is 13.2 Å². The maximum Gasteiger partial charge on any atom is 0.222 e. The lowest BCUT2D eigenvalue weighted by Crippen LogP contribution is -2.43. The summed E-state index contributed by atoms with van der Waals surface area (Å²) < 4.78 is 24.8. The Labute approximate surface area is 136 Å². The first-order chi connectivity index (χ1) is 11.0. The Morgan fingerprint density at radius 3 is 2.61 bits per heavy atom. The fraction of sp³-hybridized carbons (Fsp3) is 0.500. The third-order valence-electron chi connectivity index (χ3n) is 4.37. The van der Waals surface area contributed by atoms with E-state index >= 15 is 0 Å². The molecule has 124 valence electrons. The van der Waals surface area contributed by atoms with Crippen molar-refractivity contribution in [1.29, 1.82) is 0 Å². The summed E-state index contributed by atoms with van der Waals surface area (Å²) in [7, 11) is -0.952. The zero-order chi connectivity index (χ0) is 16.4. The summed E-state index contributed by atoms with van der Waals surface area (Å²) in [5, 5.41) is 0. The molecule has 6 nitrogen and oxygen atoms in total. The number of amides is 1. The normalized spacial score (nSPS) is 17.5. The Hall–Kier alpha value is -1.89. The van der Waals surface area contributed by atoms with E-state index in [-0.39, 0.29) is 17.4 Å². The van der Waals surface area contributed by atoms with E-state index < -0.39 is 9.84 Å². The summed E-state index contributed by atoms with van der Waals surface area (Å²) in [4.78, 5) is 18.4. The second-order valence-electron chi connectivity index (χ2n) is 5.96. The molecule has 0 saturated carbocycles. The molecule has 0 spiro atoms. The smallest absolute Gasteiger partial charge is 0.222 e. The molecule has 0 N–H and O–H groups in total. The molecule has 1 saturated heterocycles. The first-order valence-corrected chi connectivity index (χ1v) is 9.67. The number of imidazole rings is 1. The highest BCUT2D eigenvalue weighted by Gasteiger charge is 2.24. The van der Waals surface area contributed by atoms with Crippen LogP contribution in [0.2, 0.25) is 0 Å². The molecule has 1 fully saturated rings. The molecule has 23 heavy (non-hydrogen) atoms. The molecule has 7 heteroatoms. The lowest BCUT2D eigenvalue weighted by atomic mass is 10.2. The van der Waals surface area contributed by atoms with Crippen LogP contribution in [0.3, 0.4) is 0 Å². The number of rotatable bonds is 4. The van der Waals surface area contributed by atoms with E-state index in [0.717, 1.165) is 29.7 Å². The monoisotopic (exact) mass is 335 g/mol. The standard InChI is InChI=1S/C16H21N3O3S/c1-18-14-6-3-2-5-13(14)17-15(18)7-4-8-16(20)19-9-11-23(21,22)12-10-19/h2-3,5-6H,4,7-12H2,1H3. The van der Waals surface area contributed by atoms with Gasteiger partial charge in [-0.2, -0.15) is 0 Å². The van der Waals surface area contributed by atoms with Crippen molar-refractivity contribution >= 4 is 26.8 Å². The Morgan fingerprint density at radius 2 is 1.91 bits per heavy atom. The summed E-state index contributed by atoms with van der Waals surface area (Å²) in [5.41, 5.74) is 2.06. The zero-order valence-corrected chi connectivity index (χ0v) is 14.1. The first-order valence-electron chi connectivity index (χ1n) is 7.85. The number of carbonyl (C=O) groups excluding carboxylic acids is 1. The van der Waals surface area contributed by atoms with E-state index in [1.807, 2.05) is 31.3 Å². The number of hydrogen-bond donors (Lipinski definition) is 0. The highest BCUT2D eigenvalue weighted by Crippen LogP contribution is 2.16. The second-order valence-corrected chi connectivity index (χ2v) is 8.27. The SMILES string of the molecule is Cn1c(CCCC(=O)N2CCS(=O)(=O)CC2)nc2ccccc21. The van der Waals surface area contributed by atoms with Crippen molar-refractivity contribution in [3.05, 3.63) is 30.1 Å². The highest BCUT2D eigenvalue weighted by molar-refractivity contribution is 7.91. The van der Waals surface area contributed by atoms with Crippen LogP contribution in [0.15, 0.2) is 24.3 Å². The molecule has 1 aliphatic rings. The topological polar surface area (TPSA) is 72.3 Å². The molecular formula is C16H21N3O3S. The average Bonchev–Trinajstić information content (AvgIpc) is 2.84. The van der Waals surface area contributed by atoms with Gasteiger partial charge in [0, 0.05) is 33.0 Å². The summed E-state index contributed by atoms with van der Waals surface area (Å²) in [6.45, 7) is 0.654. The van der Waals surface area contributed by atoms with Gasteiger partial charge in [0.2, 0.25) is 5.91 Å². The van der Waals surface area contributed by atoms with E-state index in [1.54, 1.807) is 4.90 Å². The molecule has 3 rings (SSSR count). The molecule has 0 radical (unpaired) electrons. The van der Waals surface area contributed by atoms with Crippen LogP contribution in [0.1, 0.15) is 18.7 Å². The minimum atomic E-state index is -2.94. The molecule has 1 aromatic heterocycles. The molecule has 0 aliphatic carbocycles. The summed E-state index contributed by atoms with van der Waals surface area (Å²) in [6.07, 6.45) is 1.89. The quantitative estimate of drug-likeness (QED) is 0.840. The van der Waals surface area contributed by atoms with Crippen molar-refractivity contribution in [3.8, 4) is 0 Å². The third-order valence-corrected chi connectivity index (χ3v) is 5.98. The number of carbonyl (C=O) groups is 1. The third kappa shape index (κ3) is 3.55. The van der Waals surface area contributed by atoms with Crippen molar-refractivity contribution in [3.63, 3.8) is 0 Å². The van der Waals surface area contributed by atoms with Crippen LogP contribution in [0.4, 0.5) is 0 Å². The van der Waals surface area contributed by atoms with Gasteiger partial charge in [-0.3, -0.25) is 4.79 Å². The molecule has 1 amide bonds. The van der Waals surface area contributed by atoms with Crippen LogP contribution in [0.5, 0.6) is 0 Å². The number of sulfone groups is 1. The van der Waals surface area contributed by atoms with Gasteiger partial charge in [0.05, 0.1) is 22.5 Å². The highest BCUT2D eigenvalue weighted by atomic mass is 32.2. The van der Waals surface area contributed by atoms with E-state index in [4.69, 9.17) is 0 Å². The predicted octanol–water partition coefficient (Wildman–Crippen LogP) is 1.15. The number of nitrogens with zero attached hydrogens (tertiary/aromatic N) is 3.